The molecule has 0 saturated heterocycles. The van der Waals surface area contributed by atoms with Gasteiger partial charge in [0.05, 0.1) is 17.0 Å². The summed E-state index contributed by atoms with van der Waals surface area (Å²) in [5.74, 6) is 0. The Hall–Kier alpha value is -1.30. The Morgan fingerprint density at radius 3 is 2.29 bits per heavy atom. The maximum Gasteiger partial charge on any atom is 0.103 e. The number of aromatic nitrogens is 2. The van der Waals surface area contributed by atoms with Gasteiger partial charge in [-0.15, -0.1) is 0 Å². The first-order valence-electron chi connectivity index (χ1n) is 4.89. The highest BCUT2D eigenvalue weighted by Gasteiger charge is 2.24. The van der Waals surface area contributed by atoms with Crippen LogP contribution in [0.25, 0.3) is 0 Å². The Labute approximate surface area is 85.4 Å². The second kappa shape index (κ2) is 3.45. The van der Waals surface area contributed by atoms with Gasteiger partial charge in [-0.2, -0.15) is 10.4 Å². The molecule has 0 aromatic carbocycles. The third-order valence-corrected chi connectivity index (χ3v) is 2.33. The monoisotopic (exact) mass is 191 g/mol. The third-order valence-electron chi connectivity index (χ3n) is 2.33. The van der Waals surface area contributed by atoms with Crippen LogP contribution in [-0.2, 0) is 12.0 Å². The van der Waals surface area contributed by atoms with E-state index in [-0.39, 0.29) is 5.41 Å². The maximum absolute atomic E-state index is 9.07. The van der Waals surface area contributed by atoms with Gasteiger partial charge in [0.2, 0.25) is 0 Å². The SMILES string of the molecule is CCn1nc(C(C)(C)C)c(C#N)c1C. The number of nitriles is 1. The van der Waals surface area contributed by atoms with Crippen LogP contribution in [0.3, 0.4) is 0 Å². The molecule has 1 rings (SSSR count). The zero-order valence-electron chi connectivity index (χ0n) is 9.55. The molecule has 0 aliphatic carbocycles. The Morgan fingerprint density at radius 1 is 1.43 bits per heavy atom. The summed E-state index contributed by atoms with van der Waals surface area (Å²) in [5.41, 5.74) is 2.55. The summed E-state index contributed by atoms with van der Waals surface area (Å²) in [4.78, 5) is 0. The van der Waals surface area contributed by atoms with Crippen molar-refractivity contribution in [2.24, 2.45) is 0 Å². The van der Waals surface area contributed by atoms with Gasteiger partial charge in [-0.3, -0.25) is 4.68 Å². The summed E-state index contributed by atoms with van der Waals surface area (Å²) in [5, 5.41) is 13.5. The van der Waals surface area contributed by atoms with Crippen LogP contribution >= 0.6 is 0 Å². The minimum atomic E-state index is -0.0593. The minimum Gasteiger partial charge on any atom is -0.268 e. The van der Waals surface area contributed by atoms with Crippen molar-refractivity contribution in [2.75, 3.05) is 0 Å². The molecule has 1 aromatic heterocycles. The number of aryl methyl sites for hydroxylation is 1. The Morgan fingerprint density at radius 2 is 2.00 bits per heavy atom. The first kappa shape index (κ1) is 10.8. The first-order chi connectivity index (χ1) is 6.41. The molecule has 0 fully saturated rings. The molecule has 0 saturated carbocycles. The van der Waals surface area contributed by atoms with Gasteiger partial charge >= 0.3 is 0 Å². The van der Waals surface area contributed by atoms with E-state index in [2.05, 4.69) is 31.9 Å². The molecule has 14 heavy (non-hydrogen) atoms. The molecule has 1 aromatic rings. The molecule has 0 unspecified atom stereocenters. The second-order valence-corrected chi connectivity index (χ2v) is 4.49. The molecule has 1 heterocycles. The van der Waals surface area contributed by atoms with Crippen molar-refractivity contribution in [2.45, 2.75) is 46.6 Å². The van der Waals surface area contributed by atoms with Gasteiger partial charge in [0.25, 0.3) is 0 Å². The van der Waals surface area contributed by atoms with Gasteiger partial charge in [-0.1, -0.05) is 20.8 Å². The minimum absolute atomic E-state index is 0.0593. The van der Waals surface area contributed by atoms with Gasteiger partial charge < -0.3 is 0 Å². The smallest absolute Gasteiger partial charge is 0.103 e. The zero-order chi connectivity index (χ0) is 10.9. The van der Waals surface area contributed by atoms with E-state index in [9.17, 15) is 0 Å². The van der Waals surface area contributed by atoms with Crippen LogP contribution < -0.4 is 0 Å². The molecular weight excluding hydrogens is 174 g/mol. The van der Waals surface area contributed by atoms with E-state index in [0.717, 1.165) is 23.5 Å². The van der Waals surface area contributed by atoms with E-state index in [1.54, 1.807) is 0 Å². The first-order valence-corrected chi connectivity index (χ1v) is 4.89. The van der Waals surface area contributed by atoms with Crippen LogP contribution in [0, 0.1) is 18.3 Å². The van der Waals surface area contributed by atoms with E-state index in [1.807, 2.05) is 18.5 Å². The lowest BCUT2D eigenvalue weighted by Gasteiger charge is -2.15. The normalized spacial score (nSPS) is 11.4. The average molecular weight is 191 g/mol. The van der Waals surface area contributed by atoms with Crippen molar-refractivity contribution in [3.8, 4) is 6.07 Å². The Kier molecular flexibility index (Phi) is 2.66. The summed E-state index contributed by atoms with van der Waals surface area (Å²) in [6.07, 6.45) is 0. The highest BCUT2D eigenvalue weighted by molar-refractivity contribution is 5.40. The Balaban J connectivity index is 3.39. The lowest BCUT2D eigenvalue weighted by atomic mass is 9.89. The predicted molar refractivity (Wildman–Crippen MR) is 56.1 cm³/mol. The molecule has 0 bridgehead atoms. The van der Waals surface area contributed by atoms with Crippen LogP contribution in [0.5, 0.6) is 0 Å². The average Bonchev–Trinajstić information content (AvgIpc) is 2.41. The predicted octanol–water partition coefficient (Wildman–Crippen LogP) is 2.38. The molecule has 0 N–H and O–H groups in total. The molecule has 0 atom stereocenters. The summed E-state index contributed by atoms with van der Waals surface area (Å²) < 4.78 is 1.89. The van der Waals surface area contributed by atoms with Crippen LogP contribution in [0.2, 0.25) is 0 Å². The van der Waals surface area contributed by atoms with Crippen molar-refractivity contribution in [3.05, 3.63) is 17.0 Å². The number of hydrogen-bond donors (Lipinski definition) is 0. The number of rotatable bonds is 1. The van der Waals surface area contributed by atoms with Crippen molar-refractivity contribution in [1.82, 2.24) is 9.78 Å². The van der Waals surface area contributed by atoms with Crippen molar-refractivity contribution < 1.29 is 0 Å². The summed E-state index contributed by atoms with van der Waals surface area (Å²) in [6.45, 7) is 11.0. The fourth-order valence-corrected chi connectivity index (χ4v) is 1.51. The standard InChI is InChI=1S/C11H17N3/c1-6-14-8(2)9(7-12)10(13-14)11(3,4)5/h6H2,1-5H3. The summed E-state index contributed by atoms with van der Waals surface area (Å²) in [7, 11) is 0. The molecule has 0 spiro atoms. The molecule has 0 aliphatic heterocycles. The second-order valence-electron chi connectivity index (χ2n) is 4.49. The van der Waals surface area contributed by atoms with Gasteiger partial charge in [0.15, 0.2) is 0 Å². The van der Waals surface area contributed by atoms with Crippen LogP contribution in [-0.4, -0.2) is 9.78 Å². The van der Waals surface area contributed by atoms with Crippen molar-refractivity contribution >= 4 is 0 Å². The number of hydrogen-bond acceptors (Lipinski definition) is 2. The van der Waals surface area contributed by atoms with Crippen LogP contribution in [0.4, 0.5) is 0 Å². The molecule has 76 valence electrons. The Bertz CT molecular complexity index is 374. The lowest BCUT2D eigenvalue weighted by molar-refractivity contribution is 0.537. The largest absolute Gasteiger partial charge is 0.268 e. The molecule has 0 radical (unpaired) electrons. The molecule has 3 heteroatoms. The number of nitrogens with zero attached hydrogens (tertiary/aromatic N) is 3. The van der Waals surface area contributed by atoms with E-state index >= 15 is 0 Å². The van der Waals surface area contributed by atoms with Crippen molar-refractivity contribution in [3.63, 3.8) is 0 Å². The topological polar surface area (TPSA) is 41.6 Å². The summed E-state index contributed by atoms with van der Waals surface area (Å²) >= 11 is 0. The fourth-order valence-electron chi connectivity index (χ4n) is 1.51. The van der Waals surface area contributed by atoms with Gasteiger partial charge in [0, 0.05) is 12.0 Å². The van der Waals surface area contributed by atoms with Crippen LogP contribution in [0.1, 0.15) is 44.6 Å². The van der Waals surface area contributed by atoms with E-state index in [4.69, 9.17) is 5.26 Å². The van der Waals surface area contributed by atoms with Crippen LogP contribution in [0.15, 0.2) is 0 Å². The summed E-state index contributed by atoms with van der Waals surface area (Å²) in [6, 6.07) is 2.24. The third kappa shape index (κ3) is 1.65. The molecular formula is C11H17N3. The molecule has 0 aliphatic rings. The highest BCUT2D eigenvalue weighted by Crippen LogP contribution is 2.26. The van der Waals surface area contributed by atoms with Crippen molar-refractivity contribution in [1.29, 1.82) is 5.26 Å². The maximum atomic E-state index is 9.07. The molecule has 0 amide bonds. The fraction of sp³-hybridized carbons (Fsp3) is 0.636. The van der Waals surface area contributed by atoms with E-state index in [0.29, 0.717) is 0 Å². The quantitative estimate of drug-likeness (QED) is 0.684. The van der Waals surface area contributed by atoms with E-state index < -0.39 is 0 Å². The van der Waals surface area contributed by atoms with Gasteiger partial charge in [-0.25, -0.2) is 0 Å². The van der Waals surface area contributed by atoms with Gasteiger partial charge in [0.1, 0.15) is 6.07 Å². The lowest BCUT2D eigenvalue weighted by Crippen LogP contribution is -2.14. The highest BCUT2D eigenvalue weighted by atomic mass is 15.3. The zero-order valence-corrected chi connectivity index (χ0v) is 9.55. The van der Waals surface area contributed by atoms with Gasteiger partial charge in [-0.05, 0) is 13.8 Å². The van der Waals surface area contributed by atoms with E-state index in [1.165, 1.54) is 0 Å². The molecule has 3 nitrogen and oxygen atoms in total.